The highest BCUT2D eigenvalue weighted by Crippen LogP contribution is 2.26. The lowest BCUT2D eigenvalue weighted by atomic mass is 10.2. The van der Waals surface area contributed by atoms with E-state index in [0.29, 0.717) is 0 Å². The Morgan fingerprint density at radius 1 is 1.10 bits per heavy atom. The average Bonchev–Trinajstić information content (AvgIpc) is 2.92. The number of nitro benzene ring substituents is 2. The van der Waals surface area contributed by atoms with Crippen LogP contribution in [0.1, 0.15) is 10.6 Å². The van der Waals surface area contributed by atoms with E-state index >= 15 is 0 Å². The zero-order chi connectivity index (χ0) is 14.7. The molecule has 0 aliphatic carbocycles. The second-order valence-corrected chi connectivity index (χ2v) is 3.68. The monoisotopic (exact) mass is 277 g/mol. The summed E-state index contributed by atoms with van der Waals surface area (Å²) in [5.74, 6) is -0.677. The molecular weight excluding hydrogens is 270 g/mol. The Kier molecular flexibility index (Phi) is 3.42. The number of carbonyl (C=O) groups excluding carboxylic acids is 1. The van der Waals surface area contributed by atoms with Gasteiger partial charge in [-0.3, -0.25) is 25.0 Å². The average molecular weight is 277 g/mol. The normalized spacial score (nSPS) is 10.0. The van der Waals surface area contributed by atoms with Gasteiger partial charge in [-0.2, -0.15) is 0 Å². The molecule has 0 saturated heterocycles. The van der Waals surface area contributed by atoms with Crippen molar-refractivity contribution in [2.24, 2.45) is 0 Å². The van der Waals surface area contributed by atoms with Crippen LogP contribution in [0.5, 0.6) is 0 Å². The topological polar surface area (TPSA) is 129 Å². The van der Waals surface area contributed by atoms with E-state index in [9.17, 15) is 25.0 Å². The molecule has 0 unspecified atom stereocenters. The van der Waals surface area contributed by atoms with E-state index in [1.54, 1.807) is 0 Å². The molecule has 0 bridgehead atoms. The third-order valence-corrected chi connectivity index (χ3v) is 2.33. The minimum absolute atomic E-state index is 0.0147. The van der Waals surface area contributed by atoms with Gasteiger partial charge in [0.1, 0.15) is 0 Å². The first-order chi connectivity index (χ1) is 9.47. The van der Waals surface area contributed by atoms with Gasteiger partial charge >= 0.3 is 0 Å². The highest BCUT2D eigenvalue weighted by atomic mass is 16.6. The summed E-state index contributed by atoms with van der Waals surface area (Å²) in [7, 11) is 0. The molecule has 2 rings (SSSR count). The van der Waals surface area contributed by atoms with E-state index in [-0.39, 0.29) is 11.4 Å². The number of anilines is 1. The van der Waals surface area contributed by atoms with Gasteiger partial charge < -0.3 is 9.73 Å². The van der Waals surface area contributed by atoms with Crippen LogP contribution in [0, 0.1) is 20.2 Å². The van der Waals surface area contributed by atoms with E-state index in [1.807, 2.05) is 0 Å². The quantitative estimate of drug-likeness (QED) is 0.674. The number of carbonyl (C=O) groups is 1. The molecule has 0 spiro atoms. The summed E-state index contributed by atoms with van der Waals surface area (Å²) < 4.78 is 4.84. The van der Waals surface area contributed by atoms with Gasteiger partial charge in [0, 0.05) is 12.1 Å². The Morgan fingerprint density at radius 3 is 2.15 bits per heavy atom. The van der Waals surface area contributed by atoms with Crippen LogP contribution in [0.25, 0.3) is 0 Å². The highest BCUT2D eigenvalue weighted by molar-refractivity contribution is 6.02. The molecule has 1 aromatic carbocycles. The van der Waals surface area contributed by atoms with E-state index in [1.165, 1.54) is 18.4 Å². The molecule has 1 heterocycles. The van der Waals surface area contributed by atoms with Gasteiger partial charge in [-0.05, 0) is 12.1 Å². The molecule has 0 aliphatic rings. The van der Waals surface area contributed by atoms with Crippen LogP contribution in [0.15, 0.2) is 41.0 Å². The Balaban J connectivity index is 2.33. The van der Waals surface area contributed by atoms with Gasteiger partial charge in [-0.1, -0.05) is 0 Å². The molecule has 0 fully saturated rings. The van der Waals surface area contributed by atoms with E-state index in [0.717, 1.165) is 18.2 Å². The number of nitrogens with zero attached hydrogens (tertiary/aromatic N) is 2. The van der Waals surface area contributed by atoms with Crippen LogP contribution < -0.4 is 5.32 Å². The largest absolute Gasteiger partial charge is 0.459 e. The van der Waals surface area contributed by atoms with E-state index in [4.69, 9.17) is 4.42 Å². The first-order valence-corrected chi connectivity index (χ1v) is 5.26. The van der Waals surface area contributed by atoms with Gasteiger partial charge in [-0.15, -0.1) is 0 Å². The maximum absolute atomic E-state index is 11.7. The number of non-ortho nitro benzene ring substituents is 2. The fourth-order valence-corrected chi connectivity index (χ4v) is 1.48. The first kappa shape index (κ1) is 13.2. The van der Waals surface area contributed by atoms with Crippen molar-refractivity contribution in [2.75, 3.05) is 5.32 Å². The molecule has 20 heavy (non-hydrogen) atoms. The minimum Gasteiger partial charge on any atom is -0.459 e. The maximum atomic E-state index is 11.7. The highest BCUT2D eigenvalue weighted by Gasteiger charge is 2.18. The molecule has 1 N–H and O–H groups in total. The Labute approximate surface area is 111 Å². The van der Waals surface area contributed by atoms with Gasteiger partial charge in [0.2, 0.25) is 0 Å². The number of benzene rings is 1. The predicted molar refractivity (Wildman–Crippen MR) is 66.4 cm³/mol. The fourth-order valence-electron chi connectivity index (χ4n) is 1.48. The van der Waals surface area contributed by atoms with Crippen molar-refractivity contribution in [2.45, 2.75) is 0 Å². The Bertz CT molecular complexity index is 647. The number of nitro groups is 2. The van der Waals surface area contributed by atoms with Crippen LogP contribution >= 0.6 is 0 Å². The number of hydrogen-bond acceptors (Lipinski definition) is 6. The fraction of sp³-hybridized carbons (Fsp3) is 0. The second kappa shape index (κ2) is 5.18. The van der Waals surface area contributed by atoms with Gasteiger partial charge in [0.15, 0.2) is 5.76 Å². The van der Waals surface area contributed by atoms with Crippen LogP contribution in [0.2, 0.25) is 0 Å². The molecule has 0 saturated carbocycles. The van der Waals surface area contributed by atoms with Crippen LogP contribution in [-0.2, 0) is 0 Å². The predicted octanol–water partition coefficient (Wildman–Crippen LogP) is 2.35. The Morgan fingerprint density at radius 2 is 1.70 bits per heavy atom. The number of hydrogen-bond donors (Lipinski definition) is 1. The third kappa shape index (κ3) is 2.77. The van der Waals surface area contributed by atoms with Crippen molar-refractivity contribution < 1.29 is 19.1 Å². The standard InChI is InChI=1S/C11H7N3O6/c15-11(10-2-1-3-20-10)12-7-4-8(13(16)17)6-9(5-7)14(18)19/h1-6H,(H,12,15). The first-order valence-electron chi connectivity index (χ1n) is 5.26. The lowest BCUT2D eigenvalue weighted by Crippen LogP contribution is -2.11. The summed E-state index contributed by atoms with van der Waals surface area (Å²) in [4.78, 5) is 31.5. The van der Waals surface area contributed by atoms with Crippen molar-refractivity contribution in [3.8, 4) is 0 Å². The van der Waals surface area contributed by atoms with Gasteiger partial charge in [0.05, 0.1) is 27.9 Å². The second-order valence-electron chi connectivity index (χ2n) is 3.68. The lowest BCUT2D eigenvalue weighted by Gasteiger charge is -2.03. The zero-order valence-electron chi connectivity index (χ0n) is 9.81. The molecule has 2 aromatic rings. The van der Waals surface area contributed by atoms with Crippen molar-refractivity contribution in [3.63, 3.8) is 0 Å². The molecule has 1 aromatic heterocycles. The summed E-state index contributed by atoms with van der Waals surface area (Å²) in [6.45, 7) is 0. The lowest BCUT2D eigenvalue weighted by molar-refractivity contribution is -0.394. The van der Waals surface area contributed by atoms with Gasteiger partial charge in [-0.25, -0.2) is 0 Å². The summed E-state index contributed by atoms with van der Waals surface area (Å²) in [5, 5.41) is 23.7. The zero-order valence-corrected chi connectivity index (χ0v) is 9.81. The van der Waals surface area contributed by atoms with Crippen molar-refractivity contribution in [1.29, 1.82) is 0 Å². The molecule has 9 heteroatoms. The molecule has 102 valence electrons. The summed E-state index contributed by atoms with van der Waals surface area (Å²) in [5.41, 5.74) is -1.05. The van der Waals surface area contributed by atoms with Gasteiger partial charge in [0.25, 0.3) is 17.3 Å². The van der Waals surface area contributed by atoms with Crippen molar-refractivity contribution >= 4 is 23.0 Å². The van der Waals surface area contributed by atoms with E-state index < -0.39 is 27.1 Å². The van der Waals surface area contributed by atoms with Crippen LogP contribution in [0.4, 0.5) is 17.1 Å². The summed E-state index contributed by atoms with van der Waals surface area (Å²) in [6.07, 6.45) is 1.28. The summed E-state index contributed by atoms with van der Waals surface area (Å²) in [6, 6.07) is 5.73. The number of amides is 1. The molecule has 0 aliphatic heterocycles. The molecule has 0 radical (unpaired) electrons. The molecular formula is C11H7N3O6. The molecule has 1 amide bonds. The molecule has 0 atom stereocenters. The maximum Gasteiger partial charge on any atom is 0.291 e. The minimum atomic E-state index is -0.782. The number of nitrogens with one attached hydrogen (secondary N) is 1. The number of furan rings is 1. The van der Waals surface area contributed by atoms with Crippen molar-refractivity contribution in [3.05, 3.63) is 62.6 Å². The van der Waals surface area contributed by atoms with Crippen LogP contribution in [0.3, 0.4) is 0 Å². The third-order valence-electron chi connectivity index (χ3n) is 2.33. The van der Waals surface area contributed by atoms with Crippen molar-refractivity contribution in [1.82, 2.24) is 0 Å². The summed E-state index contributed by atoms with van der Waals surface area (Å²) >= 11 is 0. The van der Waals surface area contributed by atoms with E-state index in [2.05, 4.69) is 5.32 Å². The van der Waals surface area contributed by atoms with Crippen LogP contribution in [-0.4, -0.2) is 15.8 Å². The number of rotatable bonds is 4. The SMILES string of the molecule is O=C(Nc1cc([N+](=O)[O-])cc([N+](=O)[O-])c1)c1ccco1. The Hall–Kier alpha value is -3.23. The molecule has 9 nitrogen and oxygen atoms in total. The smallest absolute Gasteiger partial charge is 0.291 e.